The molecule has 106 valence electrons. The van der Waals surface area contributed by atoms with Crippen LogP contribution in [0.25, 0.3) is 0 Å². The first-order valence-electron chi connectivity index (χ1n) is 5.91. The van der Waals surface area contributed by atoms with E-state index in [1.165, 1.54) is 22.7 Å². The molecular weight excluding hydrogens is 252 g/mol. The Bertz CT molecular complexity index is 457. The molecule has 1 atom stereocenters. The van der Waals surface area contributed by atoms with Gasteiger partial charge in [0.25, 0.3) is 0 Å². The van der Waals surface area contributed by atoms with E-state index < -0.39 is 12.0 Å². The summed E-state index contributed by atoms with van der Waals surface area (Å²) in [6.07, 6.45) is 1.42. The quantitative estimate of drug-likeness (QED) is 0.731. The van der Waals surface area contributed by atoms with Crippen molar-refractivity contribution in [2.75, 3.05) is 6.61 Å². The predicted octanol–water partition coefficient (Wildman–Crippen LogP) is -0.347. The number of amides is 1. The van der Waals surface area contributed by atoms with Crippen molar-refractivity contribution in [1.29, 1.82) is 0 Å². The largest absolute Gasteiger partial charge is 0.479 e. The van der Waals surface area contributed by atoms with Gasteiger partial charge in [-0.1, -0.05) is 5.21 Å². The van der Waals surface area contributed by atoms with Gasteiger partial charge in [-0.25, -0.2) is 9.48 Å². The Morgan fingerprint density at radius 3 is 2.53 bits per heavy atom. The number of nitrogens with zero attached hydrogens (tertiary/aromatic N) is 4. The van der Waals surface area contributed by atoms with Gasteiger partial charge in [-0.15, -0.1) is 5.10 Å². The van der Waals surface area contributed by atoms with E-state index in [2.05, 4.69) is 10.3 Å². The highest BCUT2D eigenvalue weighted by atomic mass is 16.4. The maximum absolute atomic E-state index is 11.6. The van der Waals surface area contributed by atoms with Gasteiger partial charge in [0, 0.05) is 13.0 Å². The zero-order chi connectivity index (χ0) is 14.6. The Kier molecular flexibility index (Phi) is 4.99. The molecule has 0 fully saturated rings. The maximum atomic E-state index is 11.6. The van der Waals surface area contributed by atoms with E-state index in [4.69, 9.17) is 5.11 Å². The molecule has 0 aliphatic heterocycles. The van der Waals surface area contributed by atoms with Crippen molar-refractivity contribution >= 4 is 11.9 Å². The summed E-state index contributed by atoms with van der Waals surface area (Å²) in [4.78, 5) is 24.2. The normalized spacial score (nSPS) is 12.5. The molecule has 1 unspecified atom stereocenters. The molecule has 8 nitrogen and oxygen atoms in total. The second kappa shape index (κ2) is 6.28. The number of aliphatic hydroxyl groups is 1. The summed E-state index contributed by atoms with van der Waals surface area (Å²) in [6.45, 7) is 4.88. The molecule has 0 saturated heterocycles. The Morgan fingerprint density at radius 2 is 2.11 bits per heavy atom. The number of rotatable bonds is 6. The number of carboxylic acids is 1. The van der Waals surface area contributed by atoms with Gasteiger partial charge in [-0.05, 0) is 13.8 Å². The highest BCUT2D eigenvalue weighted by Gasteiger charge is 2.33. The van der Waals surface area contributed by atoms with Crippen LogP contribution < -0.4 is 0 Å². The van der Waals surface area contributed by atoms with Crippen LogP contribution in [0.15, 0.2) is 6.20 Å². The molecule has 1 aromatic heterocycles. The van der Waals surface area contributed by atoms with Crippen molar-refractivity contribution in [1.82, 2.24) is 19.9 Å². The van der Waals surface area contributed by atoms with Crippen molar-refractivity contribution in [2.24, 2.45) is 0 Å². The van der Waals surface area contributed by atoms with E-state index in [-0.39, 0.29) is 30.8 Å². The van der Waals surface area contributed by atoms with E-state index in [0.29, 0.717) is 0 Å². The van der Waals surface area contributed by atoms with Gasteiger partial charge in [-0.2, -0.15) is 0 Å². The van der Waals surface area contributed by atoms with Gasteiger partial charge in [0.15, 0.2) is 6.04 Å². The topological polar surface area (TPSA) is 109 Å². The first-order chi connectivity index (χ1) is 8.88. The van der Waals surface area contributed by atoms with Crippen LogP contribution in [0.3, 0.4) is 0 Å². The second-order valence-corrected chi connectivity index (χ2v) is 4.39. The molecule has 0 spiro atoms. The fourth-order valence-electron chi connectivity index (χ4n) is 1.88. The van der Waals surface area contributed by atoms with Gasteiger partial charge in [0.1, 0.15) is 5.69 Å². The monoisotopic (exact) mass is 270 g/mol. The molecule has 2 N–H and O–H groups in total. The summed E-state index contributed by atoms with van der Waals surface area (Å²) in [5.74, 6) is -1.51. The van der Waals surface area contributed by atoms with Crippen LogP contribution >= 0.6 is 0 Å². The molecule has 1 rings (SSSR count). The van der Waals surface area contributed by atoms with Crippen LogP contribution in [0.5, 0.6) is 0 Å². The minimum Gasteiger partial charge on any atom is -0.479 e. The molecule has 1 amide bonds. The van der Waals surface area contributed by atoms with Crippen molar-refractivity contribution in [2.45, 2.75) is 39.4 Å². The summed E-state index contributed by atoms with van der Waals surface area (Å²) < 4.78 is 1.34. The van der Waals surface area contributed by atoms with Crippen molar-refractivity contribution in [3.63, 3.8) is 0 Å². The van der Waals surface area contributed by atoms with E-state index >= 15 is 0 Å². The number of hydrogen-bond donors (Lipinski definition) is 2. The Labute approximate surface area is 110 Å². The predicted molar refractivity (Wildman–Crippen MR) is 65.1 cm³/mol. The van der Waals surface area contributed by atoms with Crippen LogP contribution in [-0.4, -0.2) is 54.6 Å². The lowest BCUT2D eigenvalue weighted by atomic mass is 10.1. The number of carbonyl (C=O) groups excluding carboxylic acids is 1. The third-order valence-electron chi connectivity index (χ3n) is 2.60. The van der Waals surface area contributed by atoms with Crippen molar-refractivity contribution < 1.29 is 19.8 Å². The smallest absolute Gasteiger partial charge is 0.332 e. The minimum atomic E-state index is -1.18. The van der Waals surface area contributed by atoms with Crippen molar-refractivity contribution in [3.05, 3.63) is 11.9 Å². The molecule has 8 heteroatoms. The molecular formula is C11H18N4O4. The van der Waals surface area contributed by atoms with Crippen LogP contribution in [-0.2, 0) is 16.1 Å². The van der Waals surface area contributed by atoms with Crippen LogP contribution in [0.4, 0.5) is 0 Å². The summed E-state index contributed by atoms with van der Waals surface area (Å²) >= 11 is 0. The average Bonchev–Trinajstić information content (AvgIpc) is 2.72. The zero-order valence-corrected chi connectivity index (χ0v) is 11.1. The number of carbonyl (C=O) groups is 2. The van der Waals surface area contributed by atoms with Crippen molar-refractivity contribution in [3.8, 4) is 0 Å². The van der Waals surface area contributed by atoms with E-state index in [1.807, 2.05) is 0 Å². The SMILES string of the molecule is CC(=O)N(C(C)C)C(C(=O)O)c1cn(CCO)nn1. The standard InChI is InChI=1S/C11H18N4O4/c1-7(2)15(8(3)17)10(11(18)19)9-6-14(4-5-16)13-12-9/h6-7,10,16H,4-5H2,1-3H3,(H,18,19). The van der Waals surface area contributed by atoms with Gasteiger partial charge in [-0.3, -0.25) is 4.79 Å². The van der Waals surface area contributed by atoms with Crippen LogP contribution in [0.1, 0.15) is 32.5 Å². The Hall–Kier alpha value is -1.96. The molecule has 19 heavy (non-hydrogen) atoms. The number of aliphatic carboxylic acids is 1. The van der Waals surface area contributed by atoms with Crippen LogP contribution in [0.2, 0.25) is 0 Å². The van der Waals surface area contributed by atoms with E-state index in [9.17, 15) is 14.7 Å². The summed E-state index contributed by atoms with van der Waals surface area (Å²) in [5.41, 5.74) is 0.171. The third kappa shape index (κ3) is 3.50. The molecule has 0 aromatic carbocycles. The zero-order valence-electron chi connectivity index (χ0n) is 11.1. The molecule has 0 radical (unpaired) electrons. The molecule has 1 heterocycles. The lowest BCUT2D eigenvalue weighted by Gasteiger charge is -2.30. The minimum absolute atomic E-state index is 0.124. The van der Waals surface area contributed by atoms with E-state index in [0.717, 1.165) is 0 Å². The number of aliphatic hydroxyl groups excluding tert-OH is 1. The molecule has 0 aliphatic carbocycles. The fourth-order valence-corrected chi connectivity index (χ4v) is 1.88. The molecule has 0 saturated carbocycles. The number of aromatic nitrogens is 3. The highest BCUT2D eigenvalue weighted by molar-refractivity contribution is 5.83. The Balaban J connectivity index is 3.11. The lowest BCUT2D eigenvalue weighted by Crippen LogP contribution is -2.42. The Morgan fingerprint density at radius 1 is 1.47 bits per heavy atom. The molecule has 1 aromatic rings. The van der Waals surface area contributed by atoms with Gasteiger partial charge in [0.05, 0.1) is 19.3 Å². The molecule has 0 aliphatic rings. The molecule has 0 bridgehead atoms. The second-order valence-electron chi connectivity index (χ2n) is 4.39. The average molecular weight is 270 g/mol. The van der Waals surface area contributed by atoms with E-state index in [1.54, 1.807) is 13.8 Å². The first kappa shape index (κ1) is 15.1. The van der Waals surface area contributed by atoms with Gasteiger partial charge < -0.3 is 15.1 Å². The van der Waals surface area contributed by atoms with Gasteiger partial charge in [0.2, 0.25) is 5.91 Å². The van der Waals surface area contributed by atoms with Gasteiger partial charge >= 0.3 is 5.97 Å². The maximum Gasteiger partial charge on any atom is 0.332 e. The fraction of sp³-hybridized carbons (Fsp3) is 0.636. The van der Waals surface area contributed by atoms with Crippen LogP contribution in [0, 0.1) is 0 Å². The lowest BCUT2D eigenvalue weighted by molar-refractivity contribution is -0.151. The summed E-state index contributed by atoms with van der Waals surface area (Å²) in [5, 5.41) is 25.6. The highest BCUT2D eigenvalue weighted by Crippen LogP contribution is 2.21. The number of hydrogen-bond acceptors (Lipinski definition) is 5. The summed E-state index contributed by atoms with van der Waals surface area (Å²) in [7, 11) is 0. The number of carboxylic acid groups (broad SMARTS) is 1. The third-order valence-corrected chi connectivity index (χ3v) is 2.60. The first-order valence-corrected chi connectivity index (χ1v) is 5.91. The summed E-state index contributed by atoms with van der Waals surface area (Å²) in [6, 6.07) is -1.45.